The Morgan fingerprint density at radius 1 is 0.935 bits per heavy atom. The van der Waals surface area contributed by atoms with Gasteiger partial charge in [0.05, 0.1) is 12.2 Å². The van der Waals surface area contributed by atoms with Crippen molar-refractivity contribution in [2.45, 2.75) is 19.4 Å². The molecule has 0 unspecified atom stereocenters. The summed E-state index contributed by atoms with van der Waals surface area (Å²) in [6, 6.07) is 20.8. The molecule has 0 spiro atoms. The van der Waals surface area contributed by atoms with E-state index < -0.39 is 0 Å². The number of hydrogen-bond acceptors (Lipinski definition) is 5. The molecular weight excluding hydrogens is 404 g/mol. The Bertz CT molecular complexity index is 936. The maximum absolute atomic E-state index is 12.3. The highest BCUT2D eigenvalue weighted by atomic mass is 32.1. The summed E-state index contributed by atoms with van der Waals surface area (Å²) in [5.41, 5.74) is 3.63. The van der Waals surface area contributed by atoms with Crippen LogP contribution in [-0.4, -0.2) is 60.0 Å². The van der Waals surface area contributed by atoms with Crippen molar-refractivity contribution in [1.29, 1.82) is 0 Å². The van der Waals surface area contributed by atoms with Gasteiger partial charge in [-0.05, 0) is 18.4 Å². The average molecular weight is 435 g/mol. The first-order chi connectivity index (χ1) is 15.3. The summed E-state index contributed by atoms with van der Waals surface area (Å²) >= 11 is 1.71. The molecule has 1 aromatic heterocycles. The van der Waals surface area contributed by atoms with Crippen LogP contribution in [0, 0.1) is 0 Å². The van der Waals surface area contributed by atoms with Gasteiger partial charge in [0.25, 0.3) is 0 Å². The molecule has 0 saturated carbocycles. The van der Waals surface area contributed by atoms with Gasteiger partial charge < -0.3 is 5.32 Å². The van der Waals surface area contributed by atoms with Crippen LogP contribution in [0.15, 0.2) is 66.0 Å². The molecule has 2 aromatic carbocycles. The van der Waals surface area contributed by atoms with Crippen molar-refractivity contribution in [2.75, 3.05) is 39.3 Å². The molecule has 1 aliphatic rings. The molecule has 0 radical (unpaired) electrons. The first-order valence-corrected chi connectivity index (χ1v) is 11.9. The third-order valence-corrected chi connectivity index (χ3v) is 6.54. The highest BCUT2D eigenvalue weighted by Gasteiger charge is 2.19. The minimum absolute atomic E-state index is 0.133. The minimum Gasteiger partial charge on any atom is -0.355 e. The van der Waals surface area contributed by atoms with E-state index in [0.29, 0.717) is 6.54 Å². The van der Waals surface area contributed by atoms with Crippen molar-refractivity contribution in [3.63, 3.8) is 0 Å². The van der Waals surface area contributed by atoms with E-state index in [-0.39, 0.29) is 5.91 Å². The molecule has 1 saturated heterocycles. The van der Waals surface area contributed by atoms with Crippen LogP contribution in [0.1, 0.15) is 17.7 Å². The van der Waals surface area contributed by atoms with Gasteiger partial charge in [-0.1, -0.05) is 60.7 Å². The molecular formula is C25H30N4OS. The molecule has 162 valence electrons. The Hall–Kier alpha value is -2.54. The second kappa shape index (κ2) is 11.2. The largest absolute Gasteiger partial charge is 0.355 e. The molecule has 0 bridgehead atoms. The molecule has 4 rings (SSSR count). The van der Waals surface area contributed by atoms with Crippen molar-refractivity contribution in [3.05, 3.63) is 77.3 Å². The monoisotopic (exact) mass is 434 g/mol. The van der Waals surface area contributed by atoms with E-state index in [4.69, 9.17) is 4.98 Å². The molecule has 3 aromatic rings. The van der Waals surface area contributed by atoms with E-state index in [1.165, 1.54) is 11.1 Å². The molecule has 0 aliphatic carbocycles. The molecule has 1 amide bonds. The predicted octanol–water partition coefficient (Wildman–Crippen LogP) is 3.68. The van der Waals surface area contributed by atoms with Gasteiger partial charge >= 0.3 is 0 Å². The van der Waals surface area contributed by atoms with Crippen molar-refractivity contribution >= 4 is 17.2 Å². The van der Waals surface area contributed by atoms with Crippen molar-refractivity contribution in [1.82, 2.24) is 20.1 Å². The van der Waals surface area contributed by atoms with E-state index in [1.807, 2.05) is 12.1 Å². The zero-order chi connectivity index (χ0) is 21.3. The lowest BCUT2D eigenvalue weighted by atomic mass is 10.1. The summed E-state index contributed by atoms with van der Waals surface area (Å²) in [4.78, 5) is 21.7. The number of piperazine rings is 1. The first kappa shape index (κ1) is 21.7. The lowest BCUT2D eigenvalue weighted by molar-refractivity contribution is -0.122. The zero-order valence-electron chi connectivity index (χ0n) is 17.9. The number of nitrogens with zero attached hydrogens (tertiary/aromatic N) is 3. The number of rotatable bonds is 9. The van der Waals surface area contributed by atoms with Gasteiger partial charge in [0.15, 0.2) is 0 Å². The number of nitrogens with one attached hydrogen (secondary N) is 1. The minimum atomic E-state index is 0.133. The molecule has 1 aliphatic heterocycles. The molecule has 1 fully saturated rings. The average Bonchev–Trinajstić information content (AvgIpc) is 3.28. The Balaban J connectivity index is 1.13. The number of carbonyl (C=O) groups is 1. The number of aromatic nitrogens is 1. The molecule has 5 nitrogen and oxygen atoms in total. The number of thiazole rings is 1. The Morgan fingerprint density at radius 2 is 1.61 bits per heavy atom. The molecule has 31 heavy (non-hydrogen) atoms. The standard InChI is InChI=1S/C25H30N4OS/c30-24(26-13-7-10-21-8-3-1-4-9-21)19-29-16-14-28(15-17-29)18-23-20-31-25(27-23)22-11-5-2-6-12-22/h1-6,8-9,11-12,20H,7,10,13-19H2,(H,26,30). The topological polar surface area (TPSA) is 48.5 Å². The molecule has 0 atom stereocenters. The number of hydrogen-bond donors (Lipinski definition) is 1. The zero-order valence-corrected chi connectivity index (χ0v) is 18.7. The van der Waals surface area contributed by atoms with E-state index in [9.17, 15) is 4.79 Å². The second-order valence-electron chi connectivity index (χ2n) is 8.00. The van der Waals surface area contributed by atoms with E-state index in [0.717, 1.165) is 62.8 Å². The third kappa shape index (κ3) is 6.72. The second-order valence-corrected chi connectivity index (χ2v) is 8.86. The van der Waals surface area contributed by atoms with Crippen LogP contribution in [0.2, 0.25) is 0 Å². The first-order valence-electron chi connectivity index (χ1n) is 11.0. The Kier molecular flexibility index (Phi) is 7.82. The van der Waals surface area contributed by atoms with Crippen LogP contribution in [0.4, 0.5) is 0 Å². The summed E-state index contributed by atoms with van der Waals surface area (Å²) in [5.74, 6) is 0.133. The summed E-state index contributed by atoms with van der Waals surface area (Å²) in [5, 5.41) is 6.31. The van der Waals surface area contributed by atoms with Gasteiger partial charge in [0.1, 0.15) is 5.01 Å². The summed E-state index contributed by atoms with van der Waals surface area (Å²) in [6.07, 6.45) is 1.98. The molecule has 2 heterocycles. The highest BCUT2D eigenvalue weighted by molar-refractivity contribution is 7.13. The molecule has 6 heteroatoms. The van der Waals surface area contributed by atoms with Crippen molar-refractivity contribution in [2.24, 2.45) is 0 Å². The van der Waals surface area contributed by atoms with Crippen LogP contribution < -0.4 is 5.32 Å². The van der Waals surface area contributed by atoms with Gasteiger partial charge in [0, 0.05) is 50.2 Å². The van der Waals surface area contributed by atoms with Crippen LogP contribution in [0.3, 0.4) is 0 Å². The van der Waals surface area contributed by atoms with E-state index in [2.05, 4.69) is 69.0 Å². The van der Waals surface area contributed by atoms with E-state index in [1.54, 1.807) is 11.3 Å². The van der Waals surface area contributed by atoms with Crippen molar-refractivity contribution < 1.29 is 4.79 Å². The fraction of sp³-hybridized carbons (Fsp3) is 0.360. The van der Waals surface area contributed by atoms with Gasteiger partial charge in [-0.2, -0.15) is 0 Å². The normalized spacial score (nSPS) is 15.1. The van der Waals surface area contributed by atoms with Gasteiger partial charge in [-0.15, -0.1) is 11.3 Å². The third-order valence-electron chi connectivity index (χ3n) is 5.60. The van der Waals surface area contributed by atoms with Crippen molar-refractivity contribution in [3.8, 4) is 10.6 Å². The highest BCUT2D eigenvalue weighted by Crippen LogP contribution is 2.24. The number of amides is 1. The summed E-state index contributed by atoms with van der Waals surface area (Å²) < 4.78 is 0. The summed E-state index contributed by atoms with van der Waals surface area (Å²) in [7, 11) is 0. The van der Waals surface area contributed by atoms with Crippen LogP contribution in [0.5, 0.6) is 0 Å². The number of benzene rings is 2. The number of aryl methyl sites for hydroxylation is 1. The predicted molar refractivity (Wildman–Crippen MR) is 127 cm³/mol. The quantitative estimate of drug-likeness (QED) is 0.522. The van der Waals surface area contributed by atoms with Gasteiger partial charge in [-0.3, -0.25) is 14.6 Å². The maximum atomic E-state index is 12.3. The Morgan fingerprint density at radius 3 is 2.35 bits per heavy atom. The fourth-order valence-corrected chi connectivity index (χ4v) is 4.67. The lowest BCUT2D eigenvalue weighted by Crippen LogP contribution is -2.49. The fourth-order valence-electron chi connectivity index (χ4n) is 3.85. The SMILES string of the molecule is O=C(CN1CCN(Cc2csc(-c3ccccc3)n2)CC1)NCCCc1ccccc1. The van der Waals surface area contributed by atoms with Gasteiger partial charge in [-0.25, -0.2) is 4.98 Å². The Labute approximate surface area is 188 Å². The van der Waals surface area contributed by atoms with Gasteiger partial charge in [0.2, 0.25) is 5.91 Å². The number of carbonyl (C=O) groups excluding carboxylic acids is 1. The summed E-state index contributed by atoms with van der Waals surface area (Å²) in [6.45, 7) is 5.90. The molecule has 1 N–H and O–H groups in total. The van der Waals surface area contributed by atoms with E-state index >= 15 is 0 Å². The maximum Gasteiger partial charge on any atom is 0.234 e. The van der Waals surface area contributed by atoms with Crippen LogP contribution >= 0.6 is 11.3 Å². The van der Waals surface area contributed by atoms with Crippen LogP contribution in [0.25, 0.3) is 10.6 Å². The smallest absolute Gasteiger partial charge is 0.234 e. The van der Waals surface area contributed by atoms with Crippen LogP contribution in [-0.2, 0) is 17.8 Å². The lowest BCUT2D eigenvalue weighted by Gasteiger charge is -2.33.